The number of nitrogens with two attached hydrogens (primary N) is 1. The number of halogens is 1. The van der Waals surface area contributed by atoms with Gasteiger partial charge in [0.2, 0.25) is 0 Å². The Balaban J connectivity index is 2.23. The third kappa shape index (κ3) is 3.33. The highest BCUT2D eigenvalue weighted by atomic mass is 79.9. The molecule has 1 saturated heterocycles. The molecule has 2 rings (SSSR count). The Morgan fingerprint density at radius 1 is 1.45 bits per heavy atom. The molecular weight excluding hydrogens is 318 g/mol. The number of nitrogen functional groups attached to an aromatic ring is 1. The first-order valence-corrected chi connectivity index (χ1v) is 7.86. The largest absolute Gasteiger partial charge is 0.398 e. The standard InChI is InChI=1S/C15H22BrN3O/c1-3-12-10-18(2)7-4-8-19(12)15(20)11-5-6-13(16)14(17)9-11/h5-6,9,12H,3-4,7-8,10,17H2,1-2H3. The fourth-order valence-electron chi connectivity index (χ4n) is 2.70. The van der Waals surface area contributed by atoms with Gasteiger partial charge in [-0.15, -0.1) is 0 Å². The second-order valence-electron chi connectivity index (χ2n) is 5.41. The van der Waals surface area contributed by atoms with Crippen LogP contribution in [0.5, 0.6) is 0 Å². The van der Waals surface area contributed by atoms with Gasteiger partial charge in [0, 0.05) is 34.9 Å². The van der Waals surface area contributed by atoms with Crippen molar-refractivity contribution in [1.29, 1.82) is 0 Å². The van der Waals surface area contributed by atoms with Crippen LogP contribution in [-0.4, -0.2) is 48.4 Å². The zero-order valence-corrected chi connectivity index (χ0v) is 13.7. The highest BCUT2D eigenvalue weighted by Crippen LogP contribution is 2.22. The first kappa shape index (κ1) is 15.3. The number of amides is 1. The Morgan fingerprint density at radius 2 is 2.20 bits per heavy atom. The van der Waals surface area contributed by atoms with E-state index < -0.39 is 0 Å². The molecule has 0 saturated carbocycles. The van der Waals surface area contributed by atoms with Crippen molar-refractivity contribution in [2.45, 2.75) is 25.8 Å². The number of carbonyl (C=O) groups is 1. The quantitative estimate of drug-likeness (QED) is 0.842. The lowest BCUT2D eigenvalue weighted by Crippen LogP contribution is -2.43. The second kappa shape index (κ2) is 6.59. The van der Waals surface area contributed by atoms with Crippen molar-refractivity contribution < 1.29 is 4.79 Å². The second-order valence-corrected chi connectivity index (χ2v) is 6.27. The van der Waals surface area contributed by atoms with Crippen LogP contribution in [0.3, 0.4) is 0 Å². The number of benzene rings is 1. The molecule has 1 aliphatic rings. The minimum absolute atomic E-state index is 0.0892. The van der Waals surface area contributed by atoms with E-state index in [4.69, 9.17) is 5.73 Å². The van der Waals surface area contributed by atoms with Crippen LogP contribution in [0.4, 0.5) is 5.69 Å². The van der Waals surface area contributed by atoms with Crippen LogP contribution in [0.1, 0.15) is 30.1 Å². The van der Waals surface area contributed by atoms with E-state index in [2.05, 4.69) is 34.8 Å². The Hall–Kier alpha value is -1.07. The molecule has 1 unspecified atom stereocenters. The third-order valence-electron chi connectivity index (χ3n) is 3.88. The summed E-state index contributed by atoms with van der Waals surface area (Å²) < 4.78 is 0.830. The summed E-state index contributed by atoms with van der Waals surface area (Å²) >= 11 is 3.36. The van der Waals surface area contributed by atoms with Crippen LogP contribution in [0.15, 0.2) is 22.7 Å². The van der Waals surface area contributed by atoms with Gasteiger partial charge in [-0.2, -0.15) is 0 Å². The smallest absolute Gasteiger partial charge is 0.254 e. The van der Waals surface area contributed by atoms with Gasteiger partial charge in [0.05, 0.1) is 0 Å². The number of rotatable bonds is 2. The lowest BCUT2D eigenvalue weighted by molar-refractivity contribution is 0.0676. The van der Waals surface area contributed by atoms with Crippen molar-refractivity contribution in [3.05, 3.63) is 28.2 Å². The van der Waals surface area contributed by atoms with Crippen LogP contribution in [-0.2, 0) is 0 Å². The number of anilines is 1. The molecule has 20 heavy (non-hydrogen) atoms. The van der Waals surface area contributed by atoms with Crippen molar-refractivity contribution in [3.8, 4) is 0 Å². The molecule has 1 atom stereocenters. The summed E-state index contributed by atoms with van der Waals surface area (Å²) in [5, 5.41) is 0. The minimum Gasteiger partial charge on any atom is -0.398 e. The maximum atomic E-state index is 12.7. The molecule has 1 aliphatic heterocycles. The predicted octanol–water partition coefficient (Wildman–Crippen LogP) is 2.59. The summed E-state index contributed by atoms with van der Waals surface area (Å²) in [6.45, 7) is 4.94. The van der Waals surface area contributed by atoms with Crippen molar-refractivity contribution in [2.24, 2.45) is 0 Å². The van der Waals surface area contributed by atoms with Crippen LogP contribution >= 0.6 is 15.9 Å². The van der Waals surface area contributed by atoms with Gasteiger partial charge in [-0.25, -0.2) is 0 Å². The summed E-state index contributed by atoms with van der Waals surface area (Å²) in [4.78, 5) is 17.0. The molecule has 1 aromatic rings. The van der Waals surface area contributed by atoms with Crippen LogP contribution in [0, 0.1) is 0 Å². The molecule has 0 aliphatic carbocycles. The van der Waals surface area contributed by atoms with E-state index in [1.165, 1.54) is 0 Å². The van der Waals surface area contributed by atoms with E-state index in [9.17, 15) is 4.79 Å². The zero-order chi connectivity index (χ0) is 14.7. The van der Waals surface area contributed by atoms with E-state index >= 15 is 0 Å². The molecule has 1 aromatic carbocycles. The molecule has 5 heteroatoms. The molecule has 2 N–H and O–H groups in total. The summed E-state index contributed by atoms with van der Waals surface area (Å²) in [7, 11) is 2.12. The topological polar surface area (TPSA) is 49.6 Å². The van der Waals surface area contributed by atoms with E-state index in [0.29, 0.717) is 11.3 Å². The van der Waals surface area contributed by atoms with Gasteiger partial charge in [0.1, 0.15) is 0 Å². The molecular formula is C15H22BrN3O. The maximum Gasteiger partial charge on any atom is 0.254 e. The molecule has 4 nitrogen and oxygen atoms in total. The first-order valence-electron chi connectivity index (χ1n) is 7.07. The average Bonchev–Trinajstić information content (AvgIpc) is 2.62. The molecule has 110 valence electrons. The Bertz CT molecular complexity index is 492. The summed E-state index contributed by atoms with van der Waals surface area (Å²) in [5.41, 5.74) is 7.16. The van der Waals surface area contributed by atoms with Gasteiger partial charge < -0.3 is 15.5 Å². The van der Waals surface area contributed by atoms with Crippen molar-refractivity contribution in [1.82, 2.24) is 9.80 Å². The molecule has 0 aromatic heterocycles. The van der Waals surface area contributed by atoms with Gasteiger partial charge in [-0.3, -0.25) is 4.79 Å². The number of hydrogen-bond donors (Lipinski definition) is 1. The van der Waals surface area contributed by atoms with Gasteiger partial charge in [0.25, 0.3) is 5.91 Å². The maximum absolute atomic E-state index is 12.7. The number of hydrogen-bond acceptors (Lipinski definition) is 3. The molecule has 1 fully saturated rings. The fourth-order valence-corrected chi connectivity index (χ4v) is 2.95. The lowest BCUT2D eigenvalue weighted by atomic mass is 10.1. The third-order valence-corrected chi connectivity index (χ3v) is 4.60. The Morgan fingerprint density at radius 3 is 2.85 bits per heavy atom. The first-order chi connectivity index (χ1) is 9.52. The predicted molar refractivity (Wildman–Crippen MR) is 85.8 cm³/mol. The van der Waals surface area contributed by atoms with E-state index in [-0.39, 0.29) is 11.9 Å². The van der Waals surface area contributed by atoms with E-state index in [1.807, 2.05) is 17.0 Å². The van der Waals surface area contributed by atoms with E-state index in [1.54, 1.807) is 6.07 Å². The molecule has 0 radical (unpaired) electrons. The molecule has 1 amide bonds. The number of likely N-dealkylation sites (N-methyl/N-ethyl adjacent to an activating group) is 1. The van der Waals surface area contributed by atoms with Crippen molar-refractivity contribution in [2.75, 3.05) is 32.4 Å². The minimum atomic E-state index is 0.0892. The number of nitrogens with zero attached hydrogens (tertiary/aromatic N) is 2. The van der Waals surface area contributed by atoms with E-state index in [0.717, 1.165) is 36.9 Å². The molecule has 1 heterocycles. The molecule has 0 spiro atoms. The fraction of sp³-hybridized carbons (Fsp3) is 0.533. The van der Waals surface area contributed by atoms with Gasteiger partial charge in [-0.05, 0) is 60.6 Å². The Kier molecular flexibility index (Phi) is 5.05. The highest BCUT2D eigenvalue weighted by Gasteiger charge is 2.26. The summed E-state index contributed by atoms with van der Waals surface area (Å²) in [6, 6.07) is 5.71. The zero-order valence-electron chi connectivity index (χ0n) is 12.1. The average molecular weight is 340 g/mol. The Labute approximate surface area is 129 Å². The number of carbonyl (C=O) groups excluding carboxylic acids is 1. The molecule has 0 bridgehead atoms. The van der Waals surface area contributed by atoms with Crippen LogP contribution in [0.2, 0.25) is 0 Å². The van der Waals surface area contributed by atoms with Crippen LogP contribution < -0.4 is 5.73 Å². The summed E-state index contributed by atoms with van der Waals surface area (Å²) in [5.74, 6) is 0.0892. The van der Waals surface area contributed by atoms with Gasteiger partial charge in [-0.1, -0.05) is 6.92 Å². The van der Waals surface area contributed by atoms with Crippen molar-refractivity contribution >= 4 is 27.5 Å². The van der Waals surface area contributed by atoms with Crippen molar-refractivity contribution in [3.63, 3.8) is 0 Å². The van der Waals surface area contributed by atoms with Gasteiger partial charge in [0.15, 0.2) is 0 Å². The van der Waals surface area contributed by atoms with Crippen LogP contribution in [0.25, 0.3) is 0 Å². The normalized spacial score (nSPS) is 20.8. The highest BCUT2D eigenvalue weighted by molar-refractivity contribution is 9.10. The summed E-state index contributed by atoms with van der Waals surface area (Å²) in [6.07, 6.45) is 1.99. The monoisotopic (exact) mass is 339 g/mol. The van der Waals surface area contributed by atoms with Gasteiger partial charge >= 0.3 is 0 Å². The SMILES string of the molecule is CCC1CN(C)CCCN1C(=O)c1ccc(Br)c(N)c1. The lowest BCUT2D eigenvalue weighted by Gasteiger charge is -2.30.